The fourth-order valence-corrected chi connectivity index (χ4v) is 0.821. The smallest absolute Gasteiger partial charge is 0.213 e. The summed E-state index contributed by atoms with van der Waals surface area (Å²) in [4.78, 5) is 13.8. The summed E-state index contributed by atoms with van der Waals surface area (Å²) in [7, 11) is 1.37. The molecule has 0 saturated carbocycles. The number of halogens is 2. The lowest BCUT2D eigenvalue weighted by atomic mass is 10.2. The van der Waals surface area contributed by atoms with Crippen LogP contribution in [0.2, 0.25) is 0 Å². The van der Waals surface area contributed by atoms with E-state index in [1.54, 1.807) is 0 Å². The van der Waals surface area contributed by atoms with Gasteiger partial charge in [0.05, 0.1) is 7.11 Å². The van der Waals surface area contributed by atoms with Crippen molar-refractivity contribution in [3.63, 3.8) is 0 Å². The predicted octanol–water partition coefficient (Wildman–Crippen LogP) is 2.95. The monoisotopic (exact) mass is 220 g/mol. The van der Waals surface area contributed by atoms with Crippen molar-refractivity contribution in [2.75, 3.05) is 7.11 Å². The number of ether oxygens (including phenoxy) is 1. The maximum atomic E-state index is 11.7. The van der Waals surface area contributed by atoms with Gasteiger partial charge < -0.3 is 4.74 Å². The van der Waals surface area contributed by atoms with Crippen LogP contribution in [0.1, 0.15) is 24.2 Å². The summed E-state index contributed by atoms with van der Waals surface area (Å²) in [5, 5.41) is 0. The molecule has 5 heteroatoms. The van der Waals surface area contributed by atoms with Crippen LogP contribution >= 0.6 is 0 Å². The molecule has 1 aromatic carbocycles. The third kappa shape index (κ3) is 4.39. The molecular formula is C10H14F2O3. The molecule has 0 amide bonds. The first-order valence-electron chi connectivity index (χ1n) is 4.23. The lowest BCUT2D eigenvalue weighted by Gasteiger charge is -2.03. The fraction of sp³-hybridized carbons (Fsp3) is 0.300. The Balaban J connectivity index is 0. The first kappa shape index (κ1) is 15.8. The maximum Gasteiger partial charge on any atom is 0.213 e. The first-order chi connectivity index (χ1) is 6.81. The van der Waals surface area contributed by atoms with E-state index in [-0.39, 0.29) is 16.2 Å². The summed E-state index contributed by atoms with van der Waals surface area (Å²) in [6, 6.07) is 4.15. The zero-order chi connectivity index (χ0) is 11.0. The number of aldehydes is 1. The van der Waals surface area contributed by atoms with Gasteiger partial charge in [0.25, 0.3) is 0 Å². The molecule has 15 heavy (non-hydrogen) atoms. The van der Waals surface area contributed by atoms with Crippen molar-refractivity contribution in [2.45, 2.75) is 13.8 Å². The topological polar surface area (TPSA) is 35.5 Å². The molecule has 0 bridgehead atoms. The summed E-state index contributed by atoms with van der Waals surface area (Å²) in [6.07, 6.45) is 0.643. The van der Waals surface area contributed by atoms with E-state index in [1.165, 1.54) is 25.3 Å². The quantitative estimate of drug-likeness (QED) is 0.734. The van der Waals surface area contributed by atoms with Gasteiger partial charge in [0.2, 0.25) is 5.75 Å². The highest BCUT2D eigenvalue weighted by molar-refractivity contribution is 5.76. The van der Waals surface area contributed by atoms with Crippen LogP contribution in [0.5, 0.6) is 11.5 Å². The molecule has 0 aliphatic carbocycles. The highest BCUT2D eigenvalue weighted by atomic mass is 19.3. The molecule has 1 rings (SSSR count). The molecule has 0 spiro atoms. The molecule has 0 saturated heterocycles. The Morgan fingerprint density at radius 1 is 1.27 bits per heavy atom. The van der Waals surface area contributed by atoms with Gasteiger partial charge in [-0.25, -0.2) is 0 Å². The van der Waals surface area contributed by atoms with E-state index in [9.17, 15) is 9.32 Å². The molecule has 0 atom stereocenters. The average molecular weight is 220 g/mol. The molecular weight excluding hydrogens is 206 g/mol. The SMILES string of the molecule is CC.COc1cc(C=O)ccc1OF.F. The van der Waals surface area contributed by atoms with E-state index in [0.29, 0.717) is 11.8 Å². The number of rotatable bonds is 3. The summed E-state index contributed by atoms with van der Waals surface area (Å²) in [6.45, 7) is 4.00. The maximum absolute atomic E-state index is 11.7. The van der Waals surface area contributed by atoms with Crippen LogP contribution in [0, 0.1) is 0 Å². The largest absolute Gasteiger partial charge is 0.493 e. The minimum absolute atomic E-state index is 0. The molecule has 3 nitrogen and oxygen atoms in total. The molecule has 0 aromatic heterocycles. The number of hydrogen-bond donors (Lipinski definition) is 0. The Morgan fingerprint density at radius 2 is 1.87 bits per heavy atom. The Hall–Kier alpha value is -1.65. The van der Waals surface area contributed by atoms with Crippen LogP contribution in [0.4, 0.5) is 9.23 Å². The second-order valence-corrected chi connectivity index (χ2v) is 2.11. The number of carbonyl (C=O) groups is 1. The molecule has 0 unspecified atom stereocenters. The summed E-state index contributed by atoms with van der Waals surface area (Å²) in [5.74, 6) is 0.158. The second kappa shape index (κ2) is 8.93. The molecule has 0 N–H and O–H groups in total. The van der Waals surface area contributed by atoms with E-state index in [2.05, 4.69) is 4.94 Å². The van der Waals surface area contributed by atoms with E-state index in [4.69, 9.17) is 4.74 Å². The van der Waals surface area contributed by atoms with E-state index in [1.807, 2.05) is 13.8 Å². The zero-order valence-electron chi connectivity index (χ0n) is 8.82. The van der Waals surface area contributed by atoms with E-state index in [0.717, 1.165) is 0 Å². The van der Waals surface area contributed by atoms with Crippen LogP contribution in [0.25, 0.3) is 0 Å². The van der Waals surface area contributed by atoms with Gasteiger partial charge in [-0.3, -0.25) is 14.4 Å². The van der Waals surface area contributed by atoms with Gasteiger partial charge in [-0.05, 0) is 18.2 Å². The van der Waals surface area contributed by atoms with Crippen molar-refractivity contribution in [2.24, 2.45) is 0 Å². The average Bonchev–Trinajstić information content (AvgIpc) is 2.30. The normalized spacial score (nSPS) is 7.73. The van der Waals surface area contributed by atoms with Gasteiger partial charge in [-0.2, -0.15) is 0 Å². The van der Waals surface area contributed by atoms with Crippen molar-refractivity contribution in [3.05, 3.63) is 23.8 Å². The molecule has 0 radical (unpaired) electrons. The highest BCUT2D eigenvalue weighted by Gasteiger charge is 2.05. The van der Waals surface area contributed by atoms with Gasteiger partial charge in [0, 0.05) is 10.1 Å². The Morgan fingerprint density at radius 3 is 2.27 bits per heavy atom. The van der Waals surface area contributed by atoms with Gasteiger partial charge in [0.1, 0.15) is 6.29 Å². The van der Waals surface area contributed by atoms with Gasteiger partial charge in [0.15, 0.2) is 5.75 Å². The lowest BCUT2D eigenvalue weighted by molar-refractivity contribution is -0.00897. The van der Waals surface area contributed by atoms with Gasteiger partial charge in [-0.1, -0.05) is 13.8 Å². The minimum atomic E-state index is -0.0388. The molecule has 0 heterocycles. The molecule has 0 aliphatic rings. The Kier molecular flexibility index (Phi) is 9.41. The summed E-state index contributed by atoms with van der Waals surface area (Å²) >= 11 is 0. The molecule has 86 valence electrons. The number of hydrogen-bond acceptors (Lipinski definition) is 3. The number of methoxy groups -OCH3 is 1. The Labute approximate surface area is 87.1 Å². The fourth-order valence-electron chi connectivity index (χ4n) is 0.821. The van der Waals surface area contributed by atoms with E-state index < -0.39 is 0 Å². The van der Waals surface area contributed by atoms with Crippen LogP contribution < -0.4 is 9.68 Å². The third-order valence-electron chi connectivity index (χ3n) is 1.41. The zero-order valence-corrected chi connectivity index (χ0v) is 8.82. The lowest BCUT2D eigenvalue weighted by Crippen LogP contribution is -1.89. The first-order valence-corrected chi connectivity index (χ1v) is 4.23. The molecule has 0 fully saturated rings. The van der Waals surface area contributed by atoms with Gasteiger partial charge >= 0.3 is 0 Å². The van der Waals surface area contributed by atoms with Crippen LogP contribution in [-0.2, 0) is 0 Å². The summed E-state index contributed by atoms with van der Waals surface area (Å²) in [5.41, 5.74) is 0.410. The highest BCUT2D eigenvalue weighted by Crippen LogP contribution is 2.27. The van der Waals surface area contributed by atoms with Crippen molar-refractivity contribution in [1.82, 2.24) is 0 Å². The van der Waals surface area contributed by atoms with Gasteiger partial charge in [-0.15, -0.1) is 0 Å². The van der Waals surface area contributed by atoms with Crippen LogP contribution in [0.15, 0.2) is 18.2 Å². The summed E-state index contributed by atoms with van der Waals surface area (Å²) < 4.78 is 16.5. The van der Waals surface area contributed by atoms with Crippen molar-refractivity contribution in [1.29, 1.82) is 0 Å². The van der Waals surface area contributed by atoms with Crippen LogP contribution in [0.3, 0.4) is 0 Å². The number of carbonyl (C=O) groups excluding carboxylic acids is 1. The van der Waals surface area contributed by atoms with E-state index >= 15 is 0 Å². The van der Waals surface area contributed by atoms with Crippen molar-refractivity contribution >= 4 is 6.29 Å². The molecule has 1 aromatic rings. The minimum Gasteiger partial charge on any atom is -0.493 e. The standard InChI is InChI=1S/C8H7FO3.C2H6.FH/c1-11-8-4-6(5-10)2-3-7(8)12-9;1-2;/h2-5H,1H3;1-2H3;1H. The molecule has 0 aliphatic heterocycles. The predicted molar refractivity (Wildman–Crippen MR) is 54.0 cm³/mol. The Bertz CT molecular complexity index is 290. The second-order valence-electron chi connectivity index (χ2n) is 2.11. The van der Waals surface area contributed by atoms with Crippen molar-refractivity contribution in [3.8, 4) is 11.5 Å². The van der Waals surface area contributed by atoms with Crippen LogP contribution in [-0.4, -0.2) is 13.4 Å². The number of benzene rings is 1. The van der Waals surface area contributed by atoms with Crippen molar-refractivity contribution < 1.29 is 23.7 Å². The third-order valence-corrected chi connectivity index (χ3v) is 1.41.